The first-order valence-corrected chi connectivity index (χ1v) is 9.68. The number of methoxy groups -OCH3 is 1. The number of halogens is 1. The van der Waals surface area contributed by atoms with Gasteiger partial charge in [-0.15, -0.1) is 0 Å². The van der Waals surface area contributed by atoms with Gasteiger partial charge in [0.2, 0.25) is 0 Å². The molecule has 1 aliphatic rings. The number of amides is 1. The lowest BCUT2D eigenvalue weighted by molar-refractivity contribution is -0.130. The number of aryl methyl sites for hydroxylation is 1. The number of ether oxygens (including phenoxy) is 1. The van der Waals surface area contributed by atoms with E-state index in [2.05, 4.69) is 0 Å². The Hall–Kier alpha value is -3.60. The van der Waals surface area contributed by atoms with E-state index < -0.39 is 17.8 Å². The monoisotopic (exact) mass is 403 g/mol. The second kappa shape index (κ2) is 8.03. The van der Waals surface area contributed by atoms with Crippen LogP contribution in [0, 0.1) is 12.7 Å². The van der Waals surface area contributed by atoms with E-state index >= 15 is 0 Å². The Morgan fingerprint density at radius 2 is 1.77 bits per heavy atom. The fourth-order valence-corrected chi connectivity index (χ4v) is 3.83. The molecule has 0 saturated carbocycles. The van der Waals surface area contributed by atoms with Crippen molar-refractivity contribution >= 4 is 11.5 Å². The molecule has 1 heterocycles. The zero-order valence-electron chi connectivity index (χ0n) is 16.8. The van der Waals surface area contributed by atoms with Crippen molar-refractivity contribution in [3.05, 3.63) is 107 Å². The molecule has 0 fully saturated rings. The Balaban J connectivity index is 1.82. The number of carbonyl (C=O) groups excluding carboxylic acids is 1. The van der Waals surface area contributed by atoms with Gasteiger partial charge in [-0.1, -0.05) is 60.2 Å². The van der Waals surface area contributed by atoms with Gasteiger partial charge in [-0.3, -0.25) is 4.79 Å². The van der Waals surface area contributed by atoms with Crippen molar-refractivity contribution < 1.29 is 19.0 Å². The normalized spacial score (nSPS) is 16.3. The Morgan fingerprint density at radius 1 is 1.03 bits per heavy atom. The Bertz CT molecular complexity index is 1120. The molecule has 0 spiro atoms. The average Bonchev–Trinajstić information content (AvgIpc) is 3.00. The molecular weight excluding hydrogens is 381 g/mol. The van der Waals surface area contributed by atoms with Gasteiger partial charge in [0.15, 0.2) is 5.76 Å². The van der Waals surface area contributed by atoms with Crippen molar-refractivity contribution in [3.8, 4) is 5.75 Å². The summed E-state index contributed by atoms with van der Waals surface area (Å²) >= 11 is 0. The van der Waals surface area contributed by atoms with Gasteiger partial charge in [0.05, 0.1) is 13.2 Å². The SMILES string of the molecule is COc1cccc(CN2C(=O)C(O)=C(c3ccc(C)cc3)C2c2ccccc2F)c1. The predicted octanol–water partition coefficient (Wildman–Crippen LogP) is 5.20. The van der Waals surface area contributed by atoms with Gasteiger partial charge < -0.3 is 14.7 Å². The van der Waals surface area contributed by atoms with Gasteiger partial charge in [0.1, 0.15) is 11.6 Å². The molecule has 1 aliphatic heterocycles. The van der Waals surface area contributed by atoms with Crippen LogP contribution < -0.4 is 4.74 Å². The molecule has 5 heteroatoms. The summed E-state index contributed by atoms with van der Waals surface area (Å²) in [6, 6.07) is 20.5. The van der Waals surface area contributed by atoms with Crippen LogP contribution in [0.5, 0.6) is 5.75 Å². The van der Waals surface area contributed by atoms with E-state index in [4.69, 9.17) is 4.74 Å². The summed E-state index contributed by atoms with van der Waals surface area (Å²) < 4.78 is 20.1. The lowest BCUT2D eigenvalue weighted by atomic mass is 9.92. The highest BCUT2D eigenvalue weighted by Crippen LogP contribution is 2.44. The summed E-state index contributed by atoms with van der Waals surface area (Å²) in [6.07, 6.45) is 0. The minimum absolute atomic E-state index is 0.203. The first-order chi connectivity index (χ1) is 14.5. The number of rotatable bonds is 5. The van der Waals surface area contributed by atoms with Crippen LogP contribution in [0.15, 0.2) is 78.6 Å². The predicted molar refractivity (Wildman–Crippen MR) is 113 cm³/mol. The largest absolute Gasteiger partial charge is 0.503 e. The van der Waals surface area contributed by atoms with Crippen molar-refractivity contribution in [2.24, 2.45) is 0 Å². The minimum Gasteiger partial charge on any atom is -0.503 e. The lowest BCUT2D eigenvalue weighted by Gasteiger charge is -2.28. The van der Waals surface area contributed by atoms with Gasteiger partial charge in [0.25, 0.3) is 5.91 Å². The van der Waals surface area contributed by atoms with Crippen LogP contribution in [-0.2, 0) is 11.3 Å². The maximum absolute atomic E-state index is 14.8. The Labute approximate surface area is 174 Å². The second-order valence-corrected chi connectivity index (χ2v) is 7.34. The summed E-state index contributed by atoms with van der Waals surface area (Å²) in [5, 5.41) is 10.8. The van der Waals surface area contributed by atoms with E-state index in [0.717, 1.165) is 11.1 Å². The Kier molecular flexibility index (Phi) is 5.27. The van der Waals surface area contributed by atoms with Crippen LogP contribution in [0.3, 0.4) is 0 Å². The van der Waals surface area contributed by atoms with Gasteiger partial charge >= 0.3 is 0 Å². The molecule has 0 saturated heterocycles. The summed E-state index contributed by atoms with van der Waals surface area (Å²) in [6.45, 7) is 2.16. The highest BCUT2D eigenvalue weighted by atomic mass is 19.1. The van der Waals surface area contributed by atoms with Crippen LogP contribution in [0.25, 0.3) is 5.57 Å². The van der Waals surface area contributed by atoms with Crippen LogP contribution in [0.2, 0.25) is 0 Å². The highest BCUT2D eigenvalue weighted by molar-refractivity contribution is 6.05. The van der Waals surface area contributed by atoms with Crippen molar-refractivity contribution in [1.82, 2.24) is 4.90 Å². The second-order valence-electron chi connectivity index (χ2n) is 7.34. The molecule has 1 amide bonds. The van der Waals surface area contributed by atoms with Crippen LogP contribution in [0.1, 0.15) is 28.3 Å². The first kappa shape index (κ1) is 19.7. The van der Waals surface area contributed by atoms with E-state index in [9.17, 15) is 14.3 Å². The van der Waals surface area contributed by atoms with Gasteiger partial charge in [-0.2, -0.15) is 0 Å². The number of hydrogen-bond acceptors (Lipinski definition) is 3. The van der Waals surface area contributed by atoms with Crippen LogP contribution >= 0.6 is 0 Å². The summed E-state index contributed by atoms with van der Waals surface area (Å²) in [5.41, 5.74) is 3.31. The number of aliphatic hydroxyl groups is 1. The third kappa shape index (κ3) is 3.54. The van der Waals surface area contributed by atoms with Gasteiger partial charge in [-0.05, 0) is 36.2 Å². The van der Waals surface area contributed by atoms with E-state index in [1.807, 2.05) is 55.5 Å². The van der Waals surface area contributed by atoms with E-state index in [0.29, 0.717) is 22.4 Å². The first-order valence-electron chi connectivity index (χ1n) is 9.68. The lowest BCUT2D eigenvalue weighted by Crippen LogP contribution is -2.30. The quantitative estimate of drug-likeness (QED) is 0.637. The third-order valence-electron chi connectivity index (χ3n) is 5.35. The third-order valence-corrected chi connectivity index (χ3v) is 5.35. The van der Waals surface area contributed by atoms with Gasteiger partial charge in [-0.25, -0.2) is 4.39 Å². The minimum atomic E-state index is -0.743. The molecule has 0 radical (unpaired) electrons. The van der Waals surface area contributed by atoms with Crippen molar-refractivity contribution in [3.63, 3.8) is 0 Å². The molecule has 3 aromatic rings. The number of carbonyl (C=O) groups is 1. The summed E-state index contributed by atoms with van der Waals surface area (Å²) in [4.78, 5) is 14.6. The van der Waals surface area contributed by atoms with Gasteiger partial charge in [0, 0.05) is 17.7 Å². The van der Waals surface area contributed by atoms with E-state index in [1.54, 1.807) is 25.3 Å². The molecule has 30 heavy (non-hydrogen) atoms. The molecular formula is C25H22FNO3. The van der Waals surface area contributed by atoms with E-state index in [1.165, 1.54) is 11.0 Å². The van der Waals surface area contributed by atoms with Crippen LogP contribution in [0.4, 0.5) is 4.39 Å². The van der Waals surface area contributed by atoms with Crippen molar-refractivity contribution in [2.75, 3.05) is 7.11 Å². The van der Waals surface area contributed by atoms with Crippen molar-refractivity contribution in [1.29, 1.82) is 0 Å². The molecule has 152 valence electrons. The number of aliphatic hydroxyl groups excluding tert-OH is 1. The highest BCUT2D eigenvalue weighted by Gasteiger charge is 2.42. The molecule has 0 aliphatic carbocycles. The smallest absolute Gasteiger partial charge is 0.290 e. The topological polar surface area (TPSA) is 49.8 Å². The molecule has 3 aromatic carbocycles. The molecule has 1 N–H and O–H groups in total. The fraction of sp³-hybridized carbons (Fsp3) is 0.160. The summed E-state index contributed by atoms with van der Waals surface area (Å²) in [7, 11) is 1.57. The standard InChI is InChI=1S/C25H22FNO3/c1-16-10-12-18(13-11-16)22-23(20-8-3-4-9-21(20)26)27(25(29)24(22)28)15-17-6-5-7-19(14-17)30-2/h3-14,23,28H,15H2,1-2H3. The maximum atomic E-state index is 14.8. The van der Waals surface area contributed by atoms with Crippen molar-refractivity contribution in [2.45, 2.75) is 19.5 Å². The molecule has 1 atom stereocenters. The molecule has 4 nitrogen and oxygen atoms in total. The van der Waals surface area contributed by atoms with Crippen LogP contribution in [-0.4, -0.2) is 23.0 Å². The Morgan fingerprint density at radius 3 is 2.47 bits per heavy atom. The number of hydrogen-bond donors (Lipinski definition) is 1. The number of benzene rings is 3. The fourth-order valence-electron chi connectivity index (χ4n) is 3.83. The zero-order chi connectivity index (χ0) is 21.3. The summed E-state index contributed by atoms with van der Waals surface area (Å²) in [5.74, 6) is -0.639. The molecule has 0 aromatic heterocycles. The van der Waals surface area contributed by atoms with E-state index in [-0.39, 0.29) is 12.3 Å². The molecule has 4 rings (SSSR count). The maximum Gasteiger partial charge on any atom is 0.290 e. The average molecular weight is 403 g/mol. The number of nitrogens with zero attached hydrogens (tertiary/aromatic N) is 1. The molecule has 1 unspecified atom stereocenters. The molecule has 0 bridgehead atoms. The zero-order valence-corrected chi connectivity index (χ0v) is 16.8.